The second-order valence-corrected chi connectivity index (χ2v) is 60.0. The van der Waals surface area contributed by atoms with Crippen LogP contribution >= 0.6 is 0 Å². The molecule has 0 fully saturated rings. The molecular weight excluding hydrogens is 1480 g/mol. The second kappa shape index (κ2) is 33.7. The normalized spacial score (nSPS) is 12.6. The van der Waals surface area contributed by atoms with Crippen LogP contribution in [0.5, 0.6) is 0 Å². The van der Waals surface area contributed by atoms with Gasteiger partial charge in [0.25, 0.3) is 20.0 Å². The summed E-state index contributed by atoms with van der Waals surface area (Å²) in [6.45, 7) is 43.7. The van der Waals surface area contributed by atoms with E-state index in [1.807, 2.05) is 104 Å². The monoisotopic (exact) mass is 1590 g/mol. The minimum absolute atomic E-state index is 0.218. The molecule has 0 spiro atoms. The van der Waals surface area contributed by atoms with E-state index in [4.69, 9.17) is 28.9 Å². The molecule has 0 aliphatic heterocycles. The molecule has 0 amide bonds. The molecule has 0 saturated carbocycles. The van der Waals surface area contributed by atoms with E-state index in [1.165, 1.54) is 7.94 Å². The van der Waals surface area contributed by atoms with Gasteiger partial charge in [-0.2, -0.15) is 20.7 Å². The highest BCUT2D eigenvalue weighted by molar-refractivity contribution is 7.90. The van der Waals surface area contributed by atoms with Gasteiger partial charge >= 0.3 is 0 Å². The highest BCUT2D eigenvalue weighted by atomic mass is 32.2. The van der Waals surface area contributed by atoms with Crippen LogP contribution in [0.2, 0.25) is 103 Å². The number of nitrogens with zero attached hydrogens (tertiary/aromatic N) is 12. The van der Waals surface area contributed by atoms with Gasteiger partial charge in [-0.05, 0) is 171 Å². The van der Waals surface area contributed by atoms with Crippen LogP contribution in [-0.2, 0) is 91.6 Å². The van der Waals surface area contributed by atoms with Crippen molar-refractivity contribution in [3.63, 3.8) is 0 Å². The fourth-order valence-corrected chi connectivity index (χ4v) is 19.6. The fourth-order valence-electron chi connectivity index (χ4n) is 13.7. The Morgan fingerprint density at radius 3 is 1.20 bits per heavy atom. The van der Waals surface area contributed by atoms with Crippen LogP contribution in [0.1, 0.15) is 81.1 Å². The largest absolute Gasteiger partial charge is 0.361 e. The summed E-state index contributed by atoms with van der Waals surface area (Å²) in [5, 5.41) is 30.5. The summed E-state index contributed by atoms with van der Waals surface area (Å²) in [4.78, 5) is 10.7. The van der Waals surface area contributed by atoms with Gasteiger partial charge < -0.3 is 28.1 Å². The number of imidazole rings is 2. The lowest BCUT2D eigenvalue weighted by molar-refractivity contribution is 0.0797. The number of hydrogen-bond acceptors (Lipinski definition) is 14. The summed E-state index contributed by atoms with van der Waals surface area (Å²) in [5.41, 5.74) is 16.5. The minimum atomic E-state index is -4.01. The molecule has 580 valence electrons. The summed E-state index contributed by atoms with van der Waals surface area (Å²) < 4.78 is 94.2. The van der Waals surface area contributed by atoms with E-state index in [1.54, 1.807) is 55.1 Å². The average molecular weight is 1590 g/mol. The molecule has 0 radical (unpaired) electrons. The van der Waals surface area contributed by atoms with Crippen LogP contribution in [0.4, 0.5) is 0 Å². The quantitative estimate of drug-likeness (QED) is 0.0282. The zero-order chi connectivity index (χ0) is 79.4. The summed E-state index contributed by atoms with van der Waals surface area (Å²) >= 11 is 0. The number of aryl methyl sites for hydroxylation is 6. The van der Waals surface area contributed by atoms with Crippen LogP contribution in [0.15, 0.2) is 144 Å². The molecule has 0 atom stereocenters. The van der Waals surface area contributed by atoms with Crippen molar-refractivity contribution in [1.82, 2.24) is 46.6 Å². The summed E-state index contributed by atoms with van der Waals surface area (Å²) in [7, 11) is -13.3. The number of aromatic nitrogens is 10. The molecule has 26 heteroatoms. The van der Waals surface area contributed by atoms with Crippen molar-refractivity contribution >= 4 is 96.2 Å². The predicted molar refractivity (Wildman–Crippen MR) is 453 cm³/mol. The van der Waals surface area contributed by atoms with E-state index >= 15 is 0 Å². The third kappa shape index (κ3) is 18.9. The van der Waals surface area contributed by atoms with Crippen LogP contribution < -0.4 is 0 Å². The average Bonchev–Trinajstić information content (AvgIpc) is 1.57. The molecule has 12 rings (SSSR count). The molecule has 0 bridgehead atoms. The van der Waals surface area contributed by atoms with Crippen molar-refractivity contribution in [2.75, 3.05) is 26.4 Å². The lowest BCUT2D eigenvalue weighted by Crippen LogP contribution is -2.22. The summed E-state index contributed by atoms with van der Waals surface area (Å²) in [6.07, 6.45) is 9.29. The first-order valence-electron chi connectivity index (χ1n) is 38.1. The van der Waals surface area contributed by atoms with E-state index in [0.717, 1.165) is 149 Å². The summed E-state index contributed by atoms with van der Waals surface area (Å²) in [5.74, 6) is 1.56. The number of nitriles is 2. The van der Waals surface area contributed by atoms with Gasteiger partial charge in [0.2, 0.25) is 0 Å². The molecule has 0 aliphatic rings. The maximum Gasteiger partial charge on any atom is 0.268 e. The first kappa shape index (κ1) is 82.3. The van der Waals surface area contributed by atoms with Gasteiger partial charge in [0.1, 0.15) is 38.6 Å². The van der Waals surface area contributed by atoms with Crippen molar-refractivity contribution in [1.29, 1.82) is 10.5 Å². The Hall–Kier alpha value is -8.65. The zero-order valence-corrected chi connectivity index (χ0v) is 73.1. The van der Waals surface area contributed by atoms with E-state index in [-0.39, 0.29) is 23.3 Å². The van der Waals surface area contributed by atoms with E-state index in [2.05, 4.69) is 136 Å². The van der Waals surface area contributed by atoms with Crippen molar-refractivity contribution < 1.29 is 35.8 Å². The van der Waals surface area contributed by atoms with Gasteiger partial charge in [-0.15, -0.1) is 0 Å². The molecule has 6 aromatic carbocycles. The Bertz CT molecular complexity index is 5420. The van der Waals surface area contributed by atoms with Gasteiger partial charge in [0, 0.05) is 118 Å². The Kier molecular flexibility index (Phi) is 25.2. The Morgan fingerprint density at radius 1 is 0.436 bits per heavy atom. The summed E-state index contributed by atoms with van der Waals surface area (Å²) in [6, 6.07) is 41.8. The van der Waals surface area contributed by atoms with Gasteiger partial charge in [0.15, 0.2) is 0 Å². The molecule has 6 heterocycles. The molecule has 6 aromatic heterocycles. The Morgan fingerprint density at radius 2 is 0.809 bits per heavy atom. The molecule has 0 unspecified atom stereocenters. The van der Waals surface area contributed by atoms with E-state index < -0.39 is 52.3 Å². The number of benzene rings is 6. The topological polar surface area (TPSA) is 234 Å². The number of hydrogen-bond donors (Lipinski definition) is 0. The van der Waals surface area contributed by atoms with Gasteiger partial charge in [-0.1, -0.05) is 140 Å². The van der Waals surface area contributed by atoms with Crippen LogP contribution in [0.3, 0.4) is 0 Å². The van der Waals surface area contributed by atoms with Crippen molar-refractivity contribution in [2.45, 2.75) is 207 Å². The van der Waals surface area contributed by atoms with E-state index in [9.17, 15) is 27.4 Å². The third-order valence-electron chi connectivity index (χ3n) is 20.2. The highest BCUT2D eigenvalue weighted by Gasteiger charge is 2.32. The number of fused-ring (bicyclic) bond motifs is 4. The predicted octanol–water partition coefficient (Wildman–Crippen LogP) is 18.7. The maximum absolute atomic E-state index is 14.6. The highest BCUT2D eigenvalue weighted by Crippen LogP contribution is 2.43. The first-order valence-corrected chi connectivity index (χ1v) is 55.8. The van der Waals surface area contributed by atoms with Crippen molar-refractivity contribution in [3.05, 3.63) is 201 Å². The lowest BCUT2D eigenvalue weighted by Gasteiger charge is -2.18. The number of ether oxygens (including phenoxy) is 4. The smallest absolute Gasteiger partial charge is 0.268 e. The van der Waals surface area contributed by atoms with Crippen molar-refractivity contribution in [2.24, 2.45) is 0 Å². The van der Waals surface area contributed by atoms with Gasteiger partial charge in [0.05, 0.1) is 77.5 Å². The molecule has 0 saturated heterocycles. The van der Waals surface area contributed by atoms with Gasteiger partial charge in [-0.3, -0.25) is 0 Å². The van der Waals surface area contributed by atoms with Crippen LogP contribution in [-0.4, -0.2) is 122 Å². The van der Waals surface area contributed by atoms with E-state index in [0.29, 0.717) is 74.9 Å². The van der Waals surface area contributed by atoms with Crippen molar-refractivity contribution in [3.8, 4) is 34.7 Å². The standard InChI is InChI=1S/2C42H54N6O4SSi2/c1-10-33-23-31(3)42-41(35(33)25-40-45-37-24-32(26-43)13-16-39(37)46(40)28-51-19-21-54(4,5)6)36(27-48(42)53(49,50)34-14-11-30(2)12-15-34)38-17-18-44-47(38)29-52-20-22-55(7,8)9;1-10-33-23-31(3)42-41(35(33)25-40-45-37-16-13-32(26-43)24-39(37)46(40)28-51-19-21-54(4,5)6)36(27-48(42)53(49,50)34-14-11-30(2)12-15-34)38-17-18-44-47(38)29-52-20-22-55(7,8)9/h2*11-18,23-24,27H,10,19-22,25,28-29H2,1-9H3. The molecule has 12 aromatic rings. The Balaban J connectivity index is 0.000000218. The van der Waals surface area contributed by atoms with Crippen LogP contribution in [0.25, 0.3) is 66.4 Å². The maximum atomic E-state index is 14.6. The van der Waals surface area contributed by atoms with Gasteiger partial charge in [-0.25, -0.2) is 44.1 Å². The molecule has 0 aliphatic carbocycles. The lowest BCUT2D eigenvalue weighted by atomic mass is 9.92. The SMILES string of the molecule is CCc1cc(C)c2c(c(-c3ccnn3COCC[Si](C)(C)C)cn2S(=O)(=O)c2ccc(C)cc2)c1Cc1nc2cc(C#N)ccc2n1COCC[Si](C)(C)C.CCc1cc(C)c2c(c(-c3ccnn3COCC[Si](C)(C)C)cn2S(=O)(=O)c2ccc(C)cc2)c1Cc1nc2ccc(C#N)cc2n1COCC[Si](C)(C)C. The fraction of sp³-hybridized carbons (Fsp3) is 0.405. The third-order valence-corrected chi connectivity index (χ3v) is 30.4. The Labute approximate surface area is 653 Å². The zero-order valence-electron chi connectivity index (χ0n) is 67.5. The molecular formula is C84H108N12O8S2Si4. The first-order chi connectivity index (χ1) is 52.0. The molecule has 0 N–H and O–H groups in total. The molecule has 20 nitrogen and oxygen atoms in total. The minimum Gasteiger partial charge on any atom is -0.361 e. The van der Waals surface area contributed by atoms with Crippen LogP contribution in [0, 0.1) is 50.4 Å². The number of rotatable bonds is 32. The second-order valence-electron chi connectivity index (χ2n) is 33.9. The molecule has 110 heavy (non-hydrogen) atoms.